The molecule has 152 valence electrons. The topological polar surface area (TPSA) is 45.3 Å². The average molecular weight is 391 g/mol. The van der Waals surface area contributed by atoms with Crippen molar-refractivity contribution in [1.29, 1.82) is 0 Å². The molecule has 0 bridgehead atoms. The summed E-state index contributed by atoms with van der Waals surface area (Å²) >= 11 is 0. The van der Waals surface area contributed by atoms with E-state index in [-0.39, 0.29) is 12.5 Å². The highest BCUT2D eigenvalue weighted by Crippen LogP contribution is 2.34. The van der Waals surface area contributed by atoms with Gasteiger partial charge in [0.1, 0.15) is 5.75 Å². The predicted octanol–water partition coefficient (Wildman–Crippen LogP) is 5.19. The molecule has 3 aromatic rings. The van der Waals surface area contributed by atoms with Crippen molar-refractivity contribution >= 4 is 16.8 Å². The van der Waals surface area contributed by atoms with Crippen molar-refractivity contribution in [3.8, 4) is 5.75 Å². The van der Waals surface area contributed by atoms with Crippen LogP contribution in [0.3, 0.4) is 0 Å². The quantitative estimate of drug-likeness (QED) is 0.667. The van der Waals surface area contributed by atoms with Crippen LogP contribution in [0.1, 0.15) is 46.7 Å². The first-order chi connectivity index (χ1) is 13.9. The van der Waals surface area contributed by atoms with Crippen LogP contribution in [-0.4, -0.2) is 35.5 Å². The van der Waals surface area contributed by atoms with Gasteiger partial charge in [-0.15, -0.1) is 0 Å². The lowest BCUT2D eigenvalue weighted by molar-refractivity contribution is -0.134. The molecule has 4 rings (SSSR count). The summed E-state index contributed by atoms with van der Waals surface area (Å²) in [5.41, 5.74) is 7.47. The molecular formula is C25H30N2O2. The minimum absolute atomic E-state index is 0.0772. The van der Waals surface area contributed by atoms with Gasteiger partial charge in [0.05, 0.1) is 0 Å². The van der Waals surface area contributed by atoms with Gasteiger partial charge in [-0.3, -0.25) is 4.79 Å². The van der Waals surface area contributed by atoms with Crippen molar-refractivity contribution in [3.05, 3.63) is 64.3 Å². The largest absolute Gasteiger partial charge is 0.483 e. The molecule has 0 saturated carbocycles. The summed E-state index contributed by atoms with van der Waals surface area (Å²) in [6.45, 7) is 10.1. The van der Waals surface area contributed by atoms with E-state index in [1.54, 1.807) is 0 Å². The van der Waals surface area contributed by atoms with Crippen molar-refractivity contribution in [1.82, 2.24) is 9.88 Å². The zero-order chi connectivity index (χ0) is 20.5. The first kappa shape index (κ1) is 19.6. The molecule has 0 atom stereocenters. The molecule has 1 aliphatic rings. The maximum atomic E-state index is 12.6. The van der Waals surface area contributed by atoms with E-state index in [1.807, 2.05) is 24.0 Å². The number of amides is 1. The molecule has 1 amide bonds. The Morgan fingerprint density at radius 1 is 1.07 bits per heavy atom. The van der Waals surface area contributed by atoms with Crippen LogP contribution in [-0.2, 0) is 4.79 Å². The number of hydrogen-bond donors (Lipinski definition) is 1. The maximum Gasteiger partial charge on any atom is 0.260 e. The van der Waals surface area contributed by atoms with E-state index < -0.39 is 0 Å². The van der Waals surface area contributed by atoms with Gasteiger partial charge in [0.25, 0.3) is 5.91 Å². The average Bonchev–Trinajstić information content (AvgIpc) is 3.05. The zero-order valence-electron chi connectivity index (χ0n) is 17.8. The number of nitrogens with one attached hydrogen (secondary N) is 1. The maximum absolute atomic E-state index is 12.6. The first-order valence-corrected chi connectivity index (χ1v) is 10.5. The Bertz CT molecular complexity index is 1040. The number of aromatic amines is 1. The summed E-state index contributed by atoms with van der Waals surface area (Å²) in [5, 5.41) is 1.32. The van der Waals surface area contributed by atoms with E-state index in [4.69, 9.17) is 4.74 Å². The van der Waals surface area contributed by atoms with Crippen molar-refractivity contribution < 1.29 is 9.53 Å². The molecular weight excluding hydrogens is 360 g/mol. The fraction of sp³-hybridized carbons (Fsp3) is 0.400. The van der Waals surface area contributed by atoms with Gasteiger partial charge < -0.3 is 14.6 Å². The van der Waals surface area contributed by atoms with E-state index in [9.17, 15) is 4.79 Å². The molecule has 1 aromatic heterocycles. The molecule has 1 fully saturated rings. The molecule has 1 saturated heterocycles. The molecule has 2 aromatic carbocycles. The standard InChI is InChI=1S/C25H30N2O2/c1-16-8-9-22-21(14-16)19(4)25(26-22)20-10-12-27(13-11-20)24(28)15-29-23-7-5-6-17(2)18(23)3/h5-9,14,20,26H,10-13,15H2,1-4H3. The lowest BCUT2D eigenvalue weighted by atomic mass is 9.91. The Morgan fingerprint density at radius 2 is 1.83 bits per heavy atom. The lowest BCUT2D eigenvalue weighted by Crippen LogP contribution is -2.40. The monoisotopic (exact) mass is 390 g/mol. The number of likely N-dealkylation sites (tertiary alicyclic amines) is 1. The number of carbonyl (C=O) groups is 1. The van der Waals surface area contributed by atoms with Crippen molar-refractivity contribution in [2.24, 2.45) is 0 Å². The van der Waals surface area contributed by atoms with Crippen molar-refractivity contribution in [2.45, 2.75) is 46.5 Å². The molecule has 1 aliphatic heterocycles. The number of piperidine rings is 1. The fourth-order valence-corrected chi connectivity index (χ4v) is 4.40. The second kappa shape index (κ2) is 7.94. The van der Waals surface area contributed by atoms with E-state index >= 15 is 0 Å². The van der Waals surface area contributed by atoms with Gasteiger partial charge in [0, 0.05) is 35.6 Å². The number of carbonyl (C=O) groups excluding carboxylic acids is 1. The van der Waals surface area contributed by atoms with Crippen LogP contribution in [0.5, 0.6) is 5.75 Å². The van der Waals surface area contributed by atoms with E-state index in [1.165, 1.54) is 33.3 Å². The number of rotatable bonds is 4. The molecule has 4 nitrogen and oxygen atoms in total. The van der Waals surface area contributed by atoms with Crippen LogP contribution in [0.25, 0.3) is 10.9 Å². The zero-order valence-corrected chi connectivity index (χ0v) is 17.8. The number of aromatic nitrogens is 1. The van der Waals surface area contributed by atoms with Crippen LogP contribution < -0.4 is 4.74 Å². The normalized spacial score (nSPS) is 15.1. The highest BCUT2D eigenvalue weighted by molar-refractivity contribution is 5.85. The predicted molar refractivity (Wildman–Crippen MR) is 118 cm³/mol. The molecule has 0 radical (unpaired) electrons. The Morgan fingerprint density at radius 3 is 2.59 bits per heavy atom. The van der Waals surface area contributed by atoms with E-state index in [0.717, 1.165) is 37.2 Å². The molecule has 4 heteroatoms. The van der Waals surface area contributed by atoms with E-state index in [0.29, 0.717) is 5.92 Å². The van der Waals surface area contributed by atoms with Gasteiger partial charge in [-0.25, -0.2) is 0 Å². The fourth-order valence-electron chi connectivity index (χ4n) is 4.40. The smallest absolute Gasteiger partial charge is 0.260 e. The van der Waals surface area contributed by atoms with Gasteiger partial charge in [-0.1, -0.05) is 23.8 Å². The summed E-state index contributed by atoms with van der Waals surface area (Å²) in [7, 11) is 0. The van der Waals surface area contributed by atoms with Gasteiger partial charge in [-0.2, -0.15) is 0 Å². The second-order valence-electron chi connectivity index (χ2n) is 8.35. The number of nitrogens with zero attached hydrogens (tertiary/aromatic N) is 1. The second-order valence-corrected chi connectivity index (χ2v) is 8.35. The minimum atomic E-state index is 0.0772. The number of H-pyrrole nitrogens is 1. The summed E-state index contributed by atoms with van der Waals surface area (Å²) in [4.78, 5) is 18.2. The van der Waals surface area contributed by atoms with Crippen LogP contribution in [0.15, 0.2) is 36.4 Å². The van der Waals surface area contributed by atoms with Gasteiger partial charge in [0.2, 0.25) is 0 Å². The summed E-state index contributed by atoms with van der Waals surface area (Å²) in [6, 6.07) is 12.5. The van der Waals surface area contributed by atoms with Crippen LogP contribution in [0.2, 0.25) is 0 Å². The highest BCUT2D eigenvalue weighted by atomic mass is 16.5. The molecule has 0 aliphatic carbocycles. The molecule has 0 unspecified atom stereocenters. The van der Waals surface area contributed by atoms with Crippen molar-refractivity contribution in [2.75, 3.05) is 19.7 Å². The van der Waals surface area contributed by atoms with Gasteiger partial charge in [0.15, 0.2) is 6.61 Å². The Kier molecular flexibility index (Phi) is 5.35. The van der Waals surface area contributed by atoms with Gasteiger partial charge >= 0.3 is 0 Å². The van der Waals surface area contributed by atoms with Crippen LogP contribution in [0.4, 0.5) is 0 Å². The third-order valence-electron chi connectivity index (χ3n) is 6.41. The number of ether oxygens (including phenoxy) is 1. The first-order valence-electron chi connectivity index (χ1n) is 10.5. The molecule has 2 heterocycles. The number of hydrogen-bond acceptors (Lipinski definition) is 2. The summed E-state index contributed by atoms with van der Waals surface area (Å²) in [5.74, 6) is 1.36. The number of benzene rings is 2. The molecule has 29 heavy (non-hydrogen) atoms. The van der Waals surface area contributed by atoms with Crippen LogP contribution >= 0.6 is 0 Å². The molecule has 0 spiro atoms. The number of fused-ring (bicyclic) bond motifs is 1. The summed E-state index contributed by atoms with van der Waals surface area (Å²) < 4.78 is 5.82. The van der Waals surface area contributed by atoms with Gasteiger partial charge in [-0.05, 0) is 75.4 Å². The summed E-state index contributed by atoms with van der Waals surface area (Å²) in [6.07, 6.45) is 1.98. The van der Waals surface area contributed by atoms with Crippen LogP contribution in [0, 0.1) is 27.7 Å². The van der Waals surface area contributed by atoms with Crippen molar-refractivity contribution in [3.63, 3.8) is 0 Å². The SMILES string of the molecule is Cc1ccc2[nH]c(C3CCN(C(=O)COc4cccc(C)c4C)CC3)c(C)c2c1. The minimum Gasteiger partial charge on any atom is -0.483 e. The molecule has 1 N–H and O–H groups in total. The Balaban J connectivity index is 1.37. The lowest BCUT2D eigenvalue weighted by Gasteiger charge is -2.32. The van der Waals surface area contributed by atoms with E-state index in [2.05, 4.69) is 50.0 Å². The third kappa shape index (κ3) is 3.89. The Labute approximate surface area is 172 Å². The Hall–Kier alpha value is -2.75. The third-order valence-corrected chi connectivity index (χ3v) is 6.41. The number of aryl methyl sites for hydroxylation is 3. The highest BCUT2D eigenvalue weighted by Gasteiger charge is 2.26.